The molecular formula is C11H24N2. The van der Waals surface area contributed by atoms with E-state index < -0.39 is 0 Å². The molecule has 0 bridgehead atoms. The maximum atomic E-state index is 3.96. The zero-order chi connectivity index (χ0) is 9.94. The van der Waals surface area contributed by atoms with Gasteiger partial charge in [-0.05, 0) is 46.1 Å². The second kappa shape index (κ2) is 9.72. The number of unbranched alkanes of at least 4 members (excludes halogenated alkanes) is 5. The highest BCUT2D eigenvalue weighted by molar-refractivity contribution is 5.56. The summed E-state index contributed by atoms with van der Waals surface area (Å²) in [4.78, 5) is 6.21. The second-order valence-electron chi connectivity index (χ2n) is 3.80. The molecule has 0 aromatic rings. The van der Waals surface area contributed by atoms with Crippen molar-refractivity contribution >= 4 is 6.21 Å². The monoisotopic (exact) mass is 184 g/mol. The predicted octanol–water partition coefficient (Wildman–Crippen LogP) is 2.59. The van der Waals surface area contributed by atoms with Crippen molar-refractivity contribution in [1.29, 1.82) is 0 Å². The molecule has 2 heteroatoms. The molecular weight excluding hydrogens is 160 g/mol. The zero-order valence-electron chi connectivity index (χ0n) is 9.42. The van der Waals surface area contributed by atoms with Crippen LogP contribution in [0, 0.1) is 0 Å². The molecule has 0 spiro atoms. The third kappa shape index (κ3) is 11.6. The number of rotatable bonds is 8. The maximum absolute atomic E-state index is 3.96. The molecule has 0 aliphatic rings. The number of hydrogen-bond donors (Lipinski definition) is 0. The van der Waals surface area contributed by atoms with E-state index in [0.717, 1.165) is 6.42 Å². The standard InChI is InChI=1S/C11H24N2/c1-12-10-8-6-4-5-7-9-11-13(2)3/h10H,4-9,11H2,1-3H3/b12-10+. The first-order valence-electron chi connectivity index (χ1n) is 5.32. The van der Waals surface area contributed by atoms with Crippen LogP contribution in [0.25, 0.3) is 0 Å². The van der Waals surface area contributed by atoms with Crippen molar-refractivity contribution in [2.45, 2.75) is 38.5 Å². The Kier molecular flexibility index (Phi) is 9.44. The van der Waals surface area contributed by atoms with Gasteiger partial charge in [0, 0.05) is 7.05 Å². The van der Waals surface area contributed by atoms with Crippen LogP contribution in [0.5, 0.6) is 0 Å². The summed E-state index contributed by atoms with van der Waals surface area (Å²) in [7, 11) is 6.12. The lowest BCUT2D eigenvalue weighted by atomic mass is 10.1. The van der Waals surface area contributed by atoms with Gasteiger partial charge < -0.3 is 9.89 Å². The van der Waals surface area contributed by atoms with E-state index in [-0.39, 0.29) is 0 Å². The van der Waals surface area contributed by atoms with Gasteiger partial charge in [-0.3, -0.25) is 0 Å². The topological polar surface area (TPSA) is 15.6 Å². The Hall–Kier alpha value is -0.370. The molecule has 0 fully saturated rings. The molecule has 0 unspecified atom stereocenters. The van der Waals surface area contributed by atoms with Crippen molar-refractivity contribution in [2.24, 2.45) is 4.99 Å². The summed E-state index contributed by atoms with van der Waals surface area (Å²) in [6, 6.07) is 0. The SMILES string of the molecule is C/N=C/CCCCCCCN(C)C. The minimum Gasteiger partial charge on any atom is -0.309 e. The highest BCUT2D eigenvalue weighted by Gasteiger charge is 1.91. The lowest BCUT2D eigenvalue weighted by Crippen LogP contribution is -2.12. The number of hydrogen-bond acceptors (Lipinski definition) is 2. The van der Waals surface area contributed by atoms with Gasteiger partial charge >= 0.3 is 0 Å². The normalized spacial score (nSPS) is 11.7. The first-order valence-corrected chi connectivity index (χ1v) is 5.32. The van der Waals surface area contributed by atoms with Crippen molar-refractivity contribution in [3.63, 3.8) is 0 Å². The van der Waals surface area contributed by atoms with E-state index in [2.05, 4.69) is 24.0 Å². The molecule has 0 amide bonds. The van der Waals surface area contributed by atoms with E-state index in [4.69, 9.17) is 0 Å². The molecule has 0 rings (SSSR count). The highest BCUT2D eigenvalue weighted by atomic mass is 15.0. The summed E-state index contributed by atoms with van der Waals surface area (Å²) in [5.41, 5.74) is 0. The van der Waals surface area contributed by atoms with Crippen LogP contribution in [0.3, 0.4) is 0 Å². The van der Waals surface area contributed by atoms with E-state index in [1.54, 1.807) is 0 Å². The lowest BCUT2D eigenvalue weighted by Gasteiger charge is -2.08. The van der Waals surface area contributed by atoms with Crippen LogP contribution in [-0.4, -0.2) is 38.8 Å². The third-order valence-corrected chi connectivity index (χ3v) is 2.12. The first-order chi connectivity index (χ1) is 6.27. The Labute approximate surface area is 83.0 Å². The summed E-state index contributed by atoms with van der Waals surface area (Å²) in [5.74, 6) is 0. The fraction of sp³-hybridized carbons (Fsp3) is 0.909. The Morgan fingerprint density at radius 2 is 1.62 bits per heavy atom. The number of aliphatic imine (C=N–C) groups is 1. The molecule has 78 valence electrons. The highest BCUT2D eigenvalue weighted by Crippen LogP contribution is 2.04. The van der Waals surface area contributed by atoms with Gasteiger partial charge in [-0.1, -0.05) is 19.3 Å². The van der Waals surface area contributed by atoms with Crippen LogP contribution in [0.1, 0.15) is 38.5 Å². The molecule has 0 N–H and O–H groups in total. The van der Waals surface area contributed by atoms with Crippen molar-refractivity contribution in [3.8, 4) is 0 Å². The van der Waals surface area contributed by atoms with Gasteiger partial charge in [-0.2, -0.15) is 0 Å². The Bertz CT molecular complexity index is 119. The fourth-order valence-corrected chi connectivity index (χ4v) is 1.32. The van der Waals surface area contributed by atoms with Gasteiger partial charge in [-0.25, -0.2) is 0 Å². The second-order valence-corrected chi connectivity index (χ2v) is 3.80. The smallest absolute Gasteiger partial charge is 0.0273 e. The van der Waals surface area contributed by atoms with Crippen molar-refractivity contribution in [1.82, 2.24) is 4.90 Å². The van der Waals surface area contributed by atoms with Gasteiger partial charge in [0.25, 0.3) is 0 Å². The Morgan fingerprint density at radius 3 is 2.23 bits per heavy atom. The largest absolute Gasteiger partial charge is 0.309 e. The summed E-state index contributed by atoms with van der Waals surface area (Å²) >= 11 is 0. The molecule has 0 aliphatic carbocycles. The van der Waals surface area contributed by atoms with Crippen LogP contribution in [-0.2, 0) is 0 Å². The quantitative estimate of drug-likeness (QED) is 0.418. The summed E-state index contributed by atoms with van der Waals surface area (Å²) < 4.78 is 0. The minimum atomic E-state index is 1.16. The van der Waals surface area contributed by atoms with Crippen LogP contribution < -0.4 is 0 Å². The zero-order valence-corrected chi connectivity index (χ0v) is 9.42. The lowest BCUT2D eigenvalue weighted by molar-refractivity contribution is 0.390. The van der Waals surface area contributed by atoms with Crippen molar-refractivity contribution in [2.75, 3.05) is 27.7 Å². The Balaban J connectivity index is 2.91. The average Bonchev–Trinajstić information content (AvgIpc) is 2.09. The molecule has 0 aromatic carbocycles. The first kappa shape index (κ1) is 12.6. The van der Waals surface area contributed by atoms with E-state index in [1.165, 1.54) is 38.6 Å². The van der Waals surface area contributed by atoms with Crippen molar-refractivity contribution in [3.05, 3.63) is 0 Å². The molecule has 13 heavy (non-hydrogen) atoms. The average molecular weight is 184 g/mol. The van der Waals surface area contributed by atoms with Crippen molar-refractivity contribution < 1.29 is 0 Å². The van der Waals surface area contributed by atoms with Crippen LogP contribution in [0.15, 0.2) is 4.99 Å². The molecule has 0 aliphatic heterocycles. The van der Waals surface area contributed by atoms with E-state index in [9.17, 15) is 0 Å². The number of nitrogens with zero attached hydrogens (tertiary/aromatic N) is 2. The van der Waals surface area contributed by atoms with Gasteiger partial charge in [0.15, 0.2) is 0 Å². The summed E-state index contributed by atoms with van der Waals surface area (Å²) in [6.45, 7) is 1.23. The summed E-state index contributed by atoms with van der Waals surface area (Å²) in [5, 5.41) is 0. The fourth-order valence-electron chi connectivity index (χ4n) is 1.32. The van der Waals surface area contributed by atoms with E-state index >= 15 is 0 Å². The van der Waals surface area contributed by atoms with Gasteiger partial charge in [0.1, 0.15) is 0 Å². The van der Waals surface area contributed by atoms with Gasteiger partial charge in [-0.15, -0.1) is 0 Å². The molecule has 0 heterocycles. The third-order valence-electron chi connectivity index (χ3n) is 2.12. The molecule has 0 aromatic heterocycles. The van der Waals surface area contributed by atoms with E-state index in [0.29, 0.717) is 0 Å². The van der Waals surface area contributed by atoms with Crippen LogP contribution >= 0.6 is 0 Å². The minimum absolute atomic E-state index is 1.16. The van der Waals surface area contributed by atoms with Gasteiger partial charge in [0.05, 0.1) is 0 Å². The van der Waals surface area contributed by atoms with Crippen LogP contribution in [0.2, 0.25) is 0 Å². The van der Waals surface area contributed by atoms with Crippen LogP contribution in [0.4, 0.5) is 0 Å². The molecule has 2 nitrogen and oxygen atoms in total. The Morgan fingerprint density at radius 1 is 1.00 bits per heavy atom. The molecule has 0 atom stereocenters. The summed E-state index contributed by atoms with van der Waals surface area (Å²) in [6.07, 6.45) is 9.93. The maximum Gasteiger partial charge on any atom is 0.0273 e. The van der Waals surface area contributed by atoms with Gasteiger partial charge in [0.2, 0.25) is 0 Å². The molecule has 0 saturated heterocycles. The molecule has 0 radical (unpaired) electrons. The van der Waals surface area contributed by atoms with E-state index in [1.807, 2.05) is 13.3 Å². The predicted molar refractivity (Wildman–Crippen MR) is 60.7 cm³/mol. The molecule has 0 saturated carbocycles.